The molecule has 6 nitrogen and oxygen atoms in total. The van der Waals surface area contributed by atoms with E-state index in [2.05, 4.69) is 0 Å². The van der Waals surface area contributed by atoms with Crippen molar-refractivity contribution in [1.82, 2.24) is 14.3 Å². The summed E-state index contributed by atoms with van der Waals surface area (Å²) in [6.07, 6.45) is 2.04. The molecule has 0 N–H and O–H groups in total. The first-order chi connectivity index (χ1) is 15.5. The first-order valence-corrected chi connectivity index (χ1v) is 11.6. The molecule has 0 spiro atoms. The van der Waals surface area contributed by atoms with Crippen molar-refractivity contribution in [2.45, 2.75) is 26.1 Å². The first kappa shape index (κ1) is 20.7. The van der Waals surface area contributed by atoms with Gasteiger partial charge in [-0.2, -0.15) is 0 Å². The van der Waals surface area contributed by atoms with Crippen LogP contribution in [0.5, 0.6) is 5.75 Å². The van der Waals surface area contributed by atoms with E-state index in [1.807, 2.05) is 83.3 Å². The summed E-state index contributed by atoms with van der Waals surface area (Å²) in [4.78, 5) is 20.3. The van der Waals surface area contributed by atoms with E-state index in [9.17, 15) is 4.79 Å². The topological polar surface area (TPSA) is 56.1 Å². The number of fused-ring (bicyclic) bond motifs is 1. The van der Waals surface area contributed by atoms with Gasteiger partial charge in [-0.1, -0.05) is 18.2 Å². The molecule has 2 unspecified atom stereocenters. The van der Waals surface area contributed by atoms with Crippen LogP contribution in [0.3, 0.4) is 0 Å². The lowest BCUT2D eigenvalue weighted by atomic mass is 10.1. The molecule has 2 atom stereocenters. The number of carbonyl (C=O) groups is 1. The summed E-state index contributed by atoms with van der Waals surface area (Å²) in [7, 11) is 1.66. The molecule has 1 fully saturated rings. The highest BCUT2D eigenvalue weighted by Gasteiger charge is 2.29. The van der Waals surface area contributed by atoms with Gasteiger partial charge in [0, 0.05) is 30.2 Å². The van der Waals surface area contributed by atoms with Crippen LogP contribution in [-0.2, 0) is 4.74 Å². The van der Waals surface area contributed by atoms with E-state index in [0.29, 0.717) is 18.7 Å². The number of morpholine rings is 1. The lowest BCUT2D eigenvalue weighted by Crippen LogP contribution is -2.48. The number of carbonyl (C=O) groups excluding carboxylic acids is 1. The summed E-state index contributed by atoms with van der Waals surface area (Å²) >= 11 is 1.58. The second kappa shape index (κ2) is 8.41. The molecule has 3 aromatic heterocycles. The average Bonchev–Trinajstić information content (AvgIpc) is 3.43. The van der Waals surface area contributed by atoms with Crippen molar-refractivity contribution in [2.24, 2.45) is 0 Å². The molecule has 4 heterocycles. The van der Waals surface area contributed by atoms with Gasteiger partial charge in [-0.25, -0.2) is 4.98 Å². The molecule has 0 saturated carbocycles. The van der Waals surface area contributed by atoms with E-state index in [1.54, 1.807) is 18.4 Å². The van der Waals surface area contributed by atoms with Gasteiger partial charge in [-0.05, 0) is 44.2 Å². The summed E-state index contributed by atoms with van der Waals surface area (Å²) in [5, 5.41) is 2.95. The zero-order chi connectivity index (χ0) is 22.2. The number of methoxy groups -OCH3 is 1. The molecule has 7 heteroatoms. The normalized spacial score (nSPS) is 18.8. The predicted octanol–water partition coefficient (Wildman–Crippen LogP) is 4.99. The Balaban J connectivity index is 1.54. The third kappa shape index (κ3) is 3.78. The Hall–Kier alpha value is -3.16. The molecule has 4 aromatic rings. The second-order valence-electron chi connectivity index (χ2n) is 8.14. The Morgan fingerprint density at radius 2 is 1.94 bits per heavy atom. The average molecular weight is 448 g/mol. The first-order valence-electron chi connectivity index (χ1n) is 10.7. The van der Waals surface area contributed by atoms with Gasteiger partial charge >= 0.3 is 0 Å². The van der Waals surface area contributed by atoms with Gasteiger partial charge < -0.3 is 18.8 Å². The van der Waals surface area contributed by atoms with Gasteiger partial charge in [0.2, 0.25) is 0 Å². The van der Waals surface area contributed by atoms with Crippen LogP contribution >= 0.6 is 11.3 Å². The van der Waals surface area contributed by atoms with Crippen LogP contribution in [-0.4, -0.2) is 52.6 Å². The maximum Gasteiger partial charge on any atom is 0.256 e. The highest BCUT2D eigenvalue weighted by atomic mass is 32.1. The Morgan fingerprint density at radius 1 is 1.12 bits per heavy atom. The molecule has 0 aliphatic carbocycles. The molecule has 1 aliphatic rings. The van der Waals surface area contributed by atoms with Crippen molar-refractivity contribution in [2.75, 3.05) is 20.2 Å². The van der Waals surface area contributed by atoms with Crippen LogP contribution in [0.15, 0.2) is 60.1 Å². The largest absolute Gasteiger partial charge is 0.497 e. The fourth-order valence-corrected chi connectivity index (χ4v) is 5.13. The summed E-state index contributed by atoms with van der Waals surface area (Å²) in [5.41, 5.74) is 4.34. The van der Waals surface area contributed by atoms with Gasteiger partial charge in [0.25, 0.3) is 5.91 Å². The van der Waals surface area contributed by atoms with Crippen LogP contribution in [0.4, 0.5) is 0 Å². The van der Waals surface area contributed by atoms with E-state index in [-0.39, 0.29) is 18.1 Å². The highest BCUT2D eigenvalue weighted by Crippen LogP contribution is 2.33. The van der Waals surface area contributed by atoms with Crippen LogP contribution in [0.1, 0.15) is 24.2 Å². The molecule has 1 amide bonds. The van der Waals surface area contributed by atoms with Gasteiger partial charge in [0.05, 0.1) is 41.8 Å². The van der Waals surface area contributed by atoms with Gasteiger partial charge in [-0.15, -0.1) is 11.3 Å². The Bertz CT molecular complexity index is 1270. The van der Waals surface area contributed by atoms with Crippen molar-refractivity contribution in [1.29, 1.82) is 0 Å². The minimum atomic E-state index is 0.0278. The molecule has 0 radical (unpaired) electrons. The number of hydrogen-bond acceptors (Lipinski definition) is 5. The zero-order valence-corrected chi connectivity index (χ0v) is 19.1. The van der Waals surface area contributed by atoms with Gasteiger partial charge in [-0.3, -0.25) is 4.79 Å². The number of pyridine rings is 1. The number of hydrogen-bond donors (Lipinski definition) is 0. The summed E-state index contributed by atoms with van der Waals surface area (Å²) in [6, 6.07) is 15.8. The van der Waals surface area contributed by atoms with Crippen molar-refractivity contribution < 1.29 is 14.3 Å². The number of benzene rings is 1. The zero-order valence-electron chi connectivity index (χ0n) is 18.3. The van der Waals surface area contributed by atoms with Crippen LogP contribution in [0.25, 0.3) is 27.5 Å². The lowest BCUT2D eigenvalue weighted by molar-refractivity contribution is -0.0585. The summed E-state index contributed by atoms with van der Waals surface area (Å²) in [5.74, 6) is 0.833. The summed E-state index contributed by atoms with van der Waals surface area (Å²) < 4.78 is 13.2. The fourth-order valence-electron chi connectivity index (χ4n) is 4.32. The number of nitrogens with zero attached hydrogens (tertiary/aromatic N) is 3. The Morgan fingerprint density at radius 3 is 2.72 bits per heavy atom. The smallest absolute Gasteiger partial charge is 0.256 e. The molecule has 0 bridgehead atoms. The number of amides is 1. The van der Waals surface area contributed by atoms with E-state index in [0.717, 1.165) is 33.2 Å². The number of aromatic nitrogens is 2. The van der Waals surface area contributed by atoms with E-state index < -0.39 is 0 Å². The van der Waals surface area contributed by atoms with Crippen molar-refractivity contribution in [3.63, 3.8) is 0 Å². The minimum Gasteiger partial charge on any atom is -0.497 e. The third-order valence-electron chi connectivity index (χ3n) is 5.70. The number of rotatable bonds is 4. The van der Waals surface area contributed by atoms with Crippen molar-refractivity contribution in [3.05, 3.63) is 65.7 Å². The molecule has 1 aromatic carbocycles. The van der Waals surface area contributed by atoms with Crippen LogP contribution in [0.2, 0.25) is 0 Å². The second-order valence-corrected chi connectivity index (χ2v) is 8.99. The van der Waals surface area contributed by atoms with Gasteiger partial charge in [0.1, 0.15) is 10.8 Å². The van der Waals surface area contributed by atoms with E-state index >= 15 is 0 Å². The Labute approximate surface area is 191 Å². The molecular weight excluding hydrogens is 422 g/mol. The number of ether oxygens (including phenoxy) is 2. The van der Waals surface area contributed by atoms with E-state index in [4.69, 9.17) is 14.5 Å². The van der Waals surface area contributed by atoms with Crippen LogP contribution in [0, 0.1) is 0 Å². The van der Waals surface area contributed by atoms with Crippen LogP contribution < -0.4 is 4.74 Å². The maximum absolute atomic E-state index is 13.5. The third-order valence-corrected chi connectivity index (χ3v) is 6.59. The van der Waals surface area contributed by atoms with Gasteiger partial charge in [0.15, 0.2) is 0 Å². The maximum atomic E-state index is 13.5. The minimum absolute atomic E-state index is 0.0278. The number of thiazole rings is 1. The fraction of sp³-hybridized carbons (Fsp3) is 0.280. The molecule has 5 rings (SSSR count). The predicted molar refractivity (Wildman–Crippen MR) is 126 cm³/mol. The van der Waals surface area contributed by atoms with Crippen molar-refractivity contribution >= 4 is 22.8 Å². The summed E-state index contributed by atoms with van der Waals surface area (Å²) in [6.45, 7) is 5.21. The molecular formula is C25H25N3O3S. The SMILES string of the molecule is COc1cccc(-c2nc(-c3cc(C(=O)N4CC(C)OC(C)C4)c4ccccn34)cs2)c1. The standard InChI is InChI=1S/C25H25N3O3S/c1-16-13-27(14-17(2)31-16)25(29)20-12-23(28-10-5-4-9-22(20)28)21-15-32-24(26-21)18-7-6-8-19(11-18)30-3/h4-12,15-17H,13-14H2,1-3H3. The van der Waals surface area contributed by atoms with Crippen molar-refractivity contribution in [3.8, 4) is 27.7 Å². The monoisotopic (exact) mass is 447 g/mol. The molecule has 1 saturated heterocycles. The highest BCUT2D eigenvalue weighted by molar-refractivity contribution is 7.13. The Kier molecular flexibility index (Phi) is 5.45. The molecule has 32 heavy (non-hydrogen) atoms. The molecule has 164 valence electrons. The quantitative estimate of drug-likeness (QED) is 0.442. The van der Waals surface area contributed by atoms with E-state index in [1.165, 1.54) is 0 Å². The lowest BCUT2D eigenvalue weighted by Gasteiger charge is -2.35. The molecule has 1 aliphatic heterocycles.